The second-order valence-corrected chi connectivity index (χ2v) is 18.3. The number of halogens is 6. The Bertz CT molecular complexity index is 2890. The minimum Gasteiger partial charge on any atom is -0.316 e. The lowest BCUT2D eigenvalue weighted by molar-refractivity contribution is -0.141. The molecule has 5 unspecified atom stereocenters. The molecule has 326 valence electrons. The van der Waals surface area contributed by atoms with E-state index in [2.05, 4.69) is 53.7 Å². The summed E-state index contributed by atoms with van der Waals surface area (Å²) in [7, 11) is 0. The normalized spacial score (nSPS) is 24.0. The van der Waals surface area contributed by atoms with Gasteiger partial charge in [-0.25, -0.2) is 9.97 Å². The molecular formula is C52H46F6N6. The first-order valence-corrected chi connectivity index (χ1v) is 21.3. The van der Waals surface area contributed by atoms with Gasteiger partial charge in [0, 0.05) is 51.1 Å². The predicted molar refractivity (Wildman–Crippen MR) is 241 cm³/mol. The topological polar surface area (TPSA) is 38.7 Å². The molecule has 0 saturated heterocycles. The van der Waals surface area contributed by atoms with Crippen molar-refractivity contribution in [3.8, 4) is 0 Å². The van der Waals surface area contributed by atoms with Crippen LogP contribution in [-0.4, -0.2) is 22.3 Å². The van der Waals surface area contributed by atoms with Crippen LogP contribution in [0.2, 0.25) is 0 Å². The summed E-state index contributed by atoms with van der Waals surface area (Å²) in [5, 5.41) is 0. The zero-order valence-corrected chi connectivity index (χ0v) is 36.0. The number of allylic oxidation sites excluding steroid dienone is 2. The fourth-order valence-corrected chi connectivity index (χ4v) is 11.7. The van der Waals surface area contributed by atoms with Crippen molar-refractivity contribution in [2.24, 2.45) is 10.8 Å². The SMILES string of the molecule is C=CC1c2ccccc2N2c3nc(C(F)(F)F)ccc3N(c3ccccc3C)C2C1(C)CC1(C=C)c2ccccc2N2c3cc(C(F)(F)F)cnc3N(c3ccccc3C)C2C1(C)C. The fourth-order valence-electron chi connectivity index (χ4n) is 11.7. The van der Waals surface area contributed by atoms with E-state index in [9.17, 15) is 26.3 Å². The third-order valence-corrected chi connectivity index (χ3v) is 14.5. The van der Waals surface area contributed by atoms with Crippen LogP contribution in [0.15, 0.2) is 147 Å². The van der Waals surface area contributed by atoms with Crippen LogP contribution in [0.3, 0.4) is 0 Å². The summed E-state index contributed by atoms with van der Waals surface area (Å²) in [6.07, 6.45) is -5.41. The number of pyridine rings is 2. The van der Waals surface area contributed by atoms with Gasteiger partial charge >= 0.3 is 12.4 Å². The lowest BCUT2D eigenvalue weighted by Gasteiger charge is -2.62. The summed E-state index contributed by atoms with van der Waals surface area (Å²) >= 11 is 0. The molecule has 6 nitrogen and oxygen atoms in total. The van der Waals surface area contributed by atoms with Crippen LogP contribution in [-0.2, 0) is 17.8 Å². The number of nitrogens with zero attached hydrogens (tertiary/aromatic N) is 6. The molecule has 6 heterocycles. The van der Waals surface area contributed by atoms with Crippen LogP contribution in [0.4, 0.5) is 72.1 Å². The van der Waals surface area contributed by atoms with E-state index < -0.39 is 52.2 Å². The van der Waals surface area contributed by atoms with E-state index in [1.54, 1.807) is 0 Å². The predicted octanol–water partition coefficient (Wildman–Crippen LogP) is 14.2. The average molecular weight is 869 g/mol. The summed E-state index contributed by atoms with van der Waals surface area (Å²) < 4.78 is 87.6. The van der Waals surface area contributed by atoms with Crippen LogP contribution in [0.5, 0.6) is 0 Å². The van der Waals surface area contributed by atoms with E-state index in [0.717, 1.165) is 51.6 Å². The molecule has 5 atom stereocenters. The maximum absolute atomic E-state index is 14.6. The standard InChI is InChI=1S/C52H46F6N6/c1-8-35-34-20-12-16-24-39(34)64-45-41(26-27-43(60-45)52(56,57)58)61(37-22-14-10-18-31(37)3)47(64)49(35,7)30-50(9-2)36-21-13-17-25-40(36)62-42-28-33(51(53,54)55)29-59-44(42)63(46(62)48(50,5)6)38-23-15-11-19-32(38)4/h8-29,35,46-47H,1-2,30H2,3-7H3. The molecule has 4 aromatic carbocycles. The van der Waals surface area contributed by atoms with E-state index >= 15 is 0 Å². The summed E-state index contributed by atoms with van der Waals surface area (Å²) in [5.74, 6) is 0.219. The molecule has 4 aliphatic heterocycles. The number of aromatic nitrogens is 2. The van der Waals surface area contributed by atoms with E-state index in [-0.39, 0.29) is 11.7 Å². The van der Waals surface area contributed by atoms with Crippen LogP contribution < -0.4 is 19.6 Å². The smallest absolute Gasteiger partial charge is 0.316 e. The number of alkyl halides is 6. The molecule has 10 rings (SSSR count). The van der Waals surface area contributed by atoms with Crippen molar-refractivity contribution >= 4 is 45.8 Å². The van der Waals surface area contributed by atoms with Gasteiger partial charge in [0.25, 0.3) is 0 Å². The van der Waals surface area contributed by atoms with Crippen molar-refractivity contribution in [1.82, 2.24) is 9.97 Å². The number of aryl methyl sites for hydroxylation is 2. The summed E-state index contributed by atoms with van der Waals surface area (Å²) in [4.78, 5) is 17.2. The third kappa shape index (κ3) is 5.59. The zero-order chi connectivity index (χ0) is 45.3. The quantitative estimate of drug-likeness (QED) is 0.123. The van der Waals surface area contributed by atoms with Gasteiger partial charge in [-0.15, -0.1) is 13.2 Å². The lowest BCUT2D eigenvalue weighted by Crippen LogP contribution is -2.65. The number of rotatable bonds is 6. The van der Waals surface area contributed by atoms with Crippen LogP contribution in [0.1, 0.15) is 66.6 Å². The molecule has 64 heavy (non-hydrogen) atoms. The molecule has 0 amide bonds. The van der Waals surface area contributed by atoms with Crippen LogP contribution in [0.25, 0.3) is 0 Å². The van der Waals surface area contributed by atoms with E-state index in [4.69, 9.17) is 0 Å². The first-order chi connectivity index (χ1) is 30.4. The van der Waals surface area contributed by atoms with Gasteiger partial charge in [-0.1, -0.05) is 106 Å². The Balaban J connectivity index is 1.26. The van der Waals surface area contributed by atoms with Crippen molar-refractivity contribution in [3.05, 3.63) is 180 Å². The number of hydrogen-bond donors (Lipinski definition) is 0. The summed E-state index contributed by atoms with van der Waals surface area (Å²) in [6, 6.07) is 35.0. The Kier molecular flexibility index (Phi) is 9.05. The van der Waals surface area contributed by atoms with Gasteiger partial charge < -0.3 is 19.6 Å². The van der Waals surface area contributed by atoms with Gasteiger partial charge in [0.15, 0.2) is 11.6 Å². The number of para-hydroxylation sites is 4. The van der Waals surface area contributed by atoms with Crippen LogP contribution >= 0.6 is 0 Å². The monoisotopic (exact) mass is 868 g/mol. The minimum atomic E-state index is -4.70. The molecule has 0 radical (unpaired) electrons. The Hall–Kier alpha value is -6.56. The first kappa shape index (κ1) is 41.5. The average Bonchev–Trinajstić information content (AvgIpc) is 3.80. The lowest BCUT2D eigenvalue weighted by atomic mass is 9.49. The largest absolute Gasteiger partial charge is 0.433 e. The highest BCUT2D eigenvalue weighted by Gasteiger charge is 2.66. The first-order valence-electron chi connectivity index (χ1n) is 21.3. The number of fused-ring (bicyclic) bond motifs is 10. The third-order valence-electron chi connectivity index (χ3n) is 14.5. The number of hydrogen-bond acceptors (Lipinski definition) is 6. The van der Waals surface area contributed by atoms with Crippen molar-refractivity contribution in [1.29, 1.82) is 0 Å². The highest BCUT2D eigenvalue weighted by molar-refractivity contribution is 5.92. The fraction of sp³-hybridized carbons (Fsp3) is 0.269. The van der Waals surface area contributed by atoms with Crippen molar-refractivity contribution in [2.75, 3.05) is 19.6 Å². The molecule has 2 aromatic heterocycles. The van der Waals surface area contributed by atoms with Gasteiger partial charge in [-0.05, 0) is 85.0 Å². The second kappa shape index (κ2) is 14.0. The van der Waals surface area contributed by atoms with Crippen molar-refractivity contribution < 1.29 is 26.3 Å². The maximum atomic E-state index is 14.6. The molecule has 6 aromatic rings. The van der Waals surface area contributed by atoms with Crippen molar-refractivity contribution in [2.45, 2.75) is 77.1 Å². The number of benzene rings is 4. The molecular weight excluding hydrogens is 823 g/mol. The van der Waals surface area contributed by atoms with Crippen molar-refractivity contribution in [3.63, 3.8) is 0 Å². The van der Waals surface area contributed by atoms with E-state index in [1.165, 1.54) is 12.1 Å². The Labute approximate surface area is 368 Å². The molecule has 4 aliphatic rings. The zero-order valence-electron chi connectivity index (χ0n) is 36.0. The van der Waals surface area contributed by atoms with Gasteiger partial charge in [0.2, 0.25) is 0 Å². The Morgan fingerprint density at radius 1 is 0.609 bits per heavy atom. The Morgan fingerprint density at radius 2 is 1.17 bits per heavy atom. The molecule has 0 aliphatic carbocycles. The molecule has 12 heteroatoms. The highest BCUT2D eigenvalue weighted by Crippen LogP contribution is 2.69. The summed E-state index contributed by atoms with van der Waals surface area (Å²) in [5.41, 5.74) is 2.88. The highest BCUT2D eigenvalue weighted by atomic mass is 19.4. The Morgan fingerprint density at radius 3 is 1.78 bits per heavy atom. The van der Waals surface area contributed by atoms with E-state index in [0.29, 0.717) is 29.3 Å². The molecule has 0 fully saturated rings. The molecule has 0 bridgehead atoms. The minimum absolute atomic E-state index is 0.190. The molecule has 0 N–H and O–H groups in total. The van der Waals surface area contributed by atoms with Gasteiger partial charge in [-0.3, -0.25) is 0 Å². The maximum Gasteiger partial charge on any atom is 0.433 e. The molecule has 0 spiro atoms. The van der Waals surface area contributed by atoms with E-state index in [1.807, 2.05) is 133 Å². The number of anilines is 8. The molecule has 0 saturated carbocycles. The van der Waals surface area contributed by atoms with Gasteiger partial charge in [0.05, 0.1) is 16.9 Å². The second-order valence-electron chi connectivity index (χ2n) is 18.3. The van der Waals surface area contributed by atoms with Crippen LogP contribution in [0, 0.1) is 24.7 Å². The van der Waals surface area contributed by atoms with Gasteiger partial charge in [0.1, 0.15) is 18.0 Å². The van der Waals surface area contributed by atoms with Gasteiger partial charge in [-0.2, -0.15) is 26.3 Å². The summed E-state index contributed by atoms with van der Waals surface area (Å²) in [6.45, 7) is 19.5.